The van der Waals surface area contributed by atoms with Crippen molar-refractivity contribution >= 4 is 11.7 Å². The molecule has 2 amide bonds. The van der Waals surface area contributed by atoms with E-state index in [1.807, 2.05) is 42.1 Å². The molecule has 0 aliphatic carbocycles. The highest BCUT2D eigenvalue weighted by atomic mass is 16.2. The fourth-order valence-electron chi connectivity index (χ4n) is 1.95. The van der Waals surface area contributed by atoms with E-state index in [1.165, 1.54) is 0 Å². The average molecular weight is 273 g/mol. The van der Waals surface area contributed by atoms with Crippen molar-refractivity contribution in [2.45, 2.75) is 19.5 Å². The Morgan fingerprint density at radius 1 is 1.35 bits per heavy atom. The summed E-state index contributed by atoms with van der Waals surface area (Å²) >= 11 is 0. The van der Waals surface area contributed by atoms with Gasteiger partial charge in [-0.25, -0.2) is 4.79 Å². The van der Waals surface area contributed by atoms with E-state index >= 15 is 0 Å². The molecular formula is C14H19N5O. The predicted molar refractivity (Wildman–Crippen MR) is 78.1 cm³/mol. The predicted octanol–water partition coefficient (Wildman–Crippen LogP) is 1.76. The number of amides is 2. The maximum absolute atomic E-state index is 10.7. The van der Waals surface area contributed by atoms with Gasteiger partial charge in [0, 0.05) is 31.5 Å². The molecule has 0 bridgehead atoms. The first kappa shape index (κ1) is 14.1. The highest BCUT2D eigenvalue weighted by molar-refractivity contribution is 5.87. The minimum absolute atomic E-state index is 0.201. The second-order valence-corrected chi connectivity index (χ2v) is 4.66. The molecular weight excluding hydrogens is 254 g/mol. The largest absolute Gasteiger partial charge is 0.351 e. The van der Waals surface area contributed by atoms with Crippen LogP contribution in [0.5, 0.6) is 0 Å². The standard InChI is InChI=1S/C14H19N5O/c1-10(16-9-13-7-8-17-19(13)2)11-3-5-12(6-4-11)18-14(15)20/h3-8,10,16H,9H2,1-2H3,(H3,15,18,20). The lowest BCUT2D eigenvalue weighted by Gasteiger charge is -2.15. The number of rotatable bonds is 5. The molecule has 1 atom stereocenters. The van der Waals surface area contributed by atoms with Gasteiger partial charge >= 0.3 is 6.03 Å². The Hall–Kier alpha value is -2.34. The number of nitrogens with two attached hydrogens (primary N) is 1. The van der Waals surface area contributed by atoms with Crippen molar-refractivity contribution in [1.82, 2.24) is 15.1 Å². The fourth-order valence-corrected chi connectivity index (χ4v) is 1.95. The molecule has 2 rings (SSSR count). The summed E-state index contributed by atoms with van der Waals surface area (Å²) in [6.07, 6.45) is 1.78. The SMILES string of the molecule is CC(NCc1ccnn1C)c1ccc(NC(N)=O)cc1. The zero-order valence-corrected chi connectivity index (χ0v) is 11.6. The maximum Gasteiger partial charge on any atom is 0.316 e. The van der Waals surface area contributed by atoms with Gasteiger partial charge in [0.2, 0.25) is 0 Å². The minimum Gasteiger partial charge on any atom is -0.351 e. The number of carbonyl (C=O) groups is 1. The highest BCUT2D eigenvalue weighted by Crippen LogP contribution is 2.16. The van der Waals surface area contributed by atoms with E-state index in [-0.39, 0.29) is 6.04 Å². The van der Waals surface area contributed by atoms with Crippen LogP contribution in [0.15, 0.2) is 36.5 Å². The Bertz CT molecular complexity index is 576. The van der Waals surface area contributed by atoms with Gasteiger partial charge in [-0.3, -0.25) is 4.68 Å². The van der Waals surface area contributed by atoms with Crippen LogP contribution < -0.4 is 16.4 Å². The topological polar surface area (TPSA) is 85.0 Å². The van der Waals surface area contributed by atoms with Crippen LogP contribution in [0.2, 0.25) is 0 Å². The van der Waals surface area contributed by atoms with Gasteiger partial charge in [-0.05, 0) is 30.7 Å². The number of primary amides is 1. The number of anilines is 1. The molecule has 4 N–H and O–H groups in total. The zero-order chi connectivity index (χ0) is 14.5. The van der Waals surface area contributed by atoms with Crippen molar-refractivity contribution in [3.63, 3.8) is 0 Å². The van der Waals surface area contributed by atoms with Gasteiger partial charge in [0.1, 0.15) is 0 Å². The van der Waals surface area contributed by atoms with Crippen molar-refractivity contribution in [3.8, 4) is 0 Å². The van der Waals surface area contributed by atoms with Crippen LogP contribution in [0.4, 0.5) is 10.5 Å². The molecule has 2 aromatic rings. The van der Waals surface area contributed by atoms with Crippen molar-refractivity contribution in [2.24, 2.45) is 12.8 Å². The van der Waals surface area contributed by atoms with Crippen molar-refractivity contribution in [3.05, 3.63) is 47.8 Å². The Morgan fingerprint density at radius 2 is 2.05 bits per heavy atom. The second-order valence-electron chi connectivity index (χ2n) is 4.66. The first-order chi connectivity index (χ1) is 9.56. The first-order valence-electron chi connectivity index (χ1n) is 6.43. The summed E-state index contributed by atoms with van der Waals surface area (Å²) < 4.78 is 1.85. The summed E-state index contributed by atoms with van der Waals surface area (Å²) in [6, 6.07) is 9.23. The quantitative estimate of drug-likeness (QED) is 0.776. The van der Waals surface area contributed by atoms with E-state index in [9.17, 15) is 4.79 Å². The Kier molecular flexibility index (Phi) is 4.37. The number of urea groups is 1. The van der Waals surface area contributed by atoms with Crippen LogP contribution in [0.25, 0.3) is 0 Å². The average Bonchev–Trinajstić information content (AvgIpc) is 2.82. The summed E-state index contributed by atoms with van der Waals surface area (Å²) in [5.74, 6) is 0. The monoisotopic (exact) mass is 273 g/mol. The van der Waals surface area contributed by atoms with Crippen LogP contribution in [0.1, 0.15) is 24.2 Å². The fraction of sp³-hybridized carbons (Fsp3) is 0.286. The smallest absolute Gasteiger partial charge is 0.316 e. The Labute approximate surface area is 118 Å². The lowest BCUT2D eigenvalue weighted by Crippen LogP contribution is -2.20. The summed E-state index contributed by atoms with van der Waals surface area (Å²) in [4.78, 5) is 10.7. The van der Waals surface area contributed by atoms with E-state index in [0.29, 0.717) is 5.69 Å². The van der Waals surface area contributed by atoms with Crippen LogP contribution in [-0.2, 0) is 13.6 Å². The van der Waals surface area contributed by atoms with Crippen molar-refractivity contribution in [2.75, 3.05) is 5.32 Å². The van der Waals surface area contributed by atoms with Gasteiger partial charge in [-0.2, -0.15) is 5.10 Å². The van der Waals surface area contributed by atoms with Gasteiger partial charge < -0.3 is 16.4 Å². The molecule has 1 heterocycles. The van der Waals surface area contributed by atoms with Crippen LogP contribution in [0.3, 0.4) is 0 Å². The molecule has 0 saturated carbocycles. The number of nitrogens with zero attached hydrogens (tertiary/aromatic N) is 2. The molecule has 6 nitrogen and oxygen atoms in total. The summed E-state index contributed by atoms with van der Waals surface area (Å²) in [5, 5.41) is 10.1. The third kappa shape index (κ3) is 3.58. The molecule has 6 heteroatoms. The van der Waals surface area contributed by atoms with Gasteiger partial charge in [0.15, 0.2) is 0 Å². The van der Waals surface area contributed by atoms with Gasteiger partial charge in [-0.15, -0.1) is 0 Å². The third-order valence-corrected chi connectivity index (χ3v) is 3.19. The third-order valence-electron chi connectivity index (χ3n) is 3.19. The number of aromatic nitrogens is 2. The molecule has 0 fully saturated rings. The lowest BCUT2D eigenvalue weighted by atomic mass is 10.1. The summed E-state index contributed by atoms with van der Waals surface area (Å²) in [6.45, 7) is 2.84. The number of benzene rings is 1. The van der Waals surface area contributed by atoms with Gasteiger partial charge in [0.05, 0.1) is 5.69 Å². The van der Waals surface area contributed by atoms with Gasteiger partial charge in [-0.1, -0.05) is 12.1 Å². The number of aryl methyl sites for hydroxylation is 1. The minimum atomic E-state index is -0.555. The number of hydrogen-bond acceptors (Lipinski definition) is 3. The van der Waals surface area contributed by atoms with E-state index in [4.69, 9.17) is 5.73 Å². The number of carbonyl (C=O) groups excluding carboxylic acids is 1. The lowest BCUT2D eigenvalue weighted by molar-refractivity contribution is 0.259. The van der Waals surface area contributed by atoms with Crippen LogP contribution >= 0.6 is 0 Å². The van der Waals surface area contributed by atoms with Gasteiger partial charge in [0.25, 0.3) is 0 Å². The molecule has 1 aromatic carbocycles. The first-order valence-corrected chi connectivity index (χ1v) is 6.43. The maximum atomic E-state index is 10.7. The molecule has 0 spiro atoms. The summed E-state index contributed by atoms with van der Waals surface area (Å²) in [5.41, 5.74) is 8.03. The molecule has 1 aromatic heterocycles. The molecule has 1 unspecified atom stereocenters. The van der Waals surface area contributed by atoms with Crippen molar-refractivity contribution < 1.29 is 4.79 Å². The normalized spacial score (nSPS) is 12.1. The van der Waals surface area contributed by atoms with Crippen molar-refractivity contribution in [1.29, 1.82) is 0 Å². The Morgan fingerprint density at radius 3 is 2.60 bits per heavy atom. The van der Waals surface area contributed by atoms with E-state index < -0.39 is 6.03 Å². The van der Waals surface area contributed by atoms with E-state index in [1.54, 1.807) is 6.20 Å². The second kappa shape index (κ2) is 6.21. The number of nitrogens with one attached hydrogen (secondary N) is 2. The molecule has 20 heavy (non-hydrogen) atoms. The number of hydrogen-bond donors (Lipinski definition) is 3. The van der Waals surface area contributed by atoms with Crippen LogP contribution in [0, 0.1) is 0 Å². The van der Waals surface area contributed by atoms with E-state index in [0.717, 1.165) is 17.8 Å². The molecule has 0 radical (unpaired) electrons. The molecule has 106 valence electrons. The molecule has 0 saturated heterocycles. The van der Waals surface area contributed by atoms with Crippen LogP contribution in [-0.4, -0.2) is 15.8 Å². The molecule has 0 aliphatic rings. The molecule has 0 aliphatic heterocycles. The Balaban J connectivity index is 1.93. The van der Waals surface area contributed by atoms with E-state index in [2.05, 4.69) is 22.7 Å². The zero-order valence-electron chi connectivity index (χ0n) is 11.6. The highest BCUT2D eigenvalue weighted by Gasteiger charge is 2.06. The summed E-state index contributed by atoms with van der Waals surface area (Å²) in [7, 11) is 1.92.